The van der Waals surface area contributed by atoms with Crippen molar-refractivity contribution in [1.29, 1.82) is 5.26 Å². The molecule has 0 radical (unpaired) electrons. The van der Waals surface area contributed by atoms with Gasteiger partial charge in [0.15, 0.2) is 5.76 Å². The summed E-state index contributed by atoms with van der Waals surface area (Å²) in [6.07, 6.45) is 3.73. The van der Waals surface area contributed by atoms with E-state index in [2.05, 4.69) is 34.8 Å². The average molecular weight is 529 g/mol. The Labute approximate surface area is 224 Å². The molecule has 6 rings (SSSR count). The third-order valence-corrected chi connectivity index (χ3v) is 7.37. The molecule has 4 aromatic rings. The molecule has 200 valence electrons. The fourth-order valence-corrected chi connectivity index (χ4v) is 5.40. The van der Waals surface area contributed by atoms with Gasteiger partial charge in [-0.1, -0.05) is 0 Å². The van der Waals surface area contributed by atoms with Crippen LogP contribution in [0.2, 0.25) is 0 Å². The molecule has 0 aliphatic carbocycles. The molecular formula is C26H28N10O3. The van der Waals surface area contributed by atoms with E-state index < -0.39 is 5.97 Å². The Bertz CT molecular complexity index is 1540. The van der Waals surface area contributed by atoms with Crippen LogP contribution < -0.4 is 15.5 Å². The molecule has 13 heteroatoms. The molecule has 13 nitrogen and oxygen atoms in total. The van der Waals surface area contributed by atoms with Crippen molar-refractivity contribution in [3.63, 3.8) is 0 Å². The van der Waals surface area contributed by atoms with Gasteiger partial charge in [0, 0.05) is 51.5 Å². The second-order valence-corrected chi connectivity index (χ2v) is 9.90. The molecule has 2 aliphatic rings. The van der Waals surface area contributed by atoms with Crippen LogP contribution in [0.1, 0.15) is 28.8 Å². The first-order chi connectivity index (χ1) is 19.0. The third kappa shape index (κ3) is 4.94. The summed E-state index contributed by atoms with van der Waals surface area (Å²) in [6, 6.07) is 10.5. The standard InChI is InChI=1S/C26H28N10O3/c27-14-18-5-6-19(13-20(18)23(37)38)34-10-8-33(9-11-34)15-17-3-1-7-35(16-17)25-30-24(28)36-26(31-25)29-22(32-36)21-4-2-12-39-21/h2,4-6,12-13,17H,1,3,7-11,15-16H2,(H,37,38)(H2,28,29,30,31,32). The number of carboxylic acid groups (broad SMARTS) is 1. The van der Waals surface area contributed by atoms with Crippen LogP contribution in [0, 0.1) is 17.2 Å². The Morgan fingerprint density at radius 1 is 1.13 bits per heavy atom. The SMILES string of the molecule is N#Cc1ccc(N2CCN(CC3CCCN(c4nc(N)n5nc(-c6ccco6)nc5n4)C3)CC2)cc1C(=O)O. The van der Waals surface area contributed by atoms with Crippen molar-refractivity contribution < 1.29 is 14.3 Å². The molecule has 0 saturated carbocycles. The van der Waals surface area contributed by atoms with Gasteiger partial charge in [0.1, 0.15) is 6.07 Å². The van der Waals surface area contributed by atoms with E-state index in [0.717, 1.165) is 64.3 Å². The molecule has 2 fully saturated rings. The van der Waals surface area contributed by atoms with Crippen molar-refractivity contribution in [3.05, 3.63) is 47.7 Å². The van der Waals surface area contributed by atoms with E-state index in [1.807, 2.05) is 12.1 Å². The van der Waals surface area contributed by atoms with E-state index in [0.29, 0.717) is 29.2 Å². The van der Waals surface area contributed by atoms with Gasteiger partial charge < -0.3 is 25.1 Å². The van der Waals surface area contributed by atoms with E-state index >= 15 is 0 Å². The number of rotatable bonds is 6. The summed E-state index contributed by atoms with van der Waals surface area (Å²) in [7, 11) is 0. The van der Waals surface area contributed by atoms with Crippen LogP contribution in [0.5, 0.6) is 0 Å². The number of aromatic carboxylic acids is 1. The molecule has 0 spiro atoms. The molecule has 2 aliphatic heterocycles. The average Bonchev–Trinajstić information content (AvgIpc) is 3.64. The lowest BCUT2D eigenvalue weighted by Gasteiger charge is -2.40. The van der Waals surface area contributed by atoms with Crippen LogP contribution in [0.25, 0.3) is 17.4 Å². The minimum atomic E-state index is -1.08. The predicted molar refractivity (Wildman–Crippen MR) is 142 cm³/mol. The number of benzene rings is 1. The first-order valence-electron chi connectivity index (χ1n) is 12.9. The van der Waals surface area contributed by atoms with Crippen molar-refractivity contribution >= 4 is 29.3 Å². The monoisotopic (exact) mass is 528 g/mol. The number of nitrogens with two attached hydrogens (primary N) is 1. The molecule has 5 heterocycles. The van der Waals surface area contributed by atoms with E-state index in [1.165, 1.54) is 4.52 Å². The maximum Gasteiger partial charge on any atom is 0.337 e. The van der Waals surface area contributed by atoms with Crippen molar-refractivity contribution in [2.45, 2.75) is 12.8 Å². The summed E-state index contributed by atoms with van der Waals surface area (Å²) in [6.45, 7) is 5.98. The number of piperidine rings is 1. The largest absolute Gasteiger partial charge is 0.478 e. The maximum absolute atomic E-state index is 11.5. The number of nitrogens with zero attached hydrogens (tertiary/aromatic N) is 9. The van der Waals surface area contributed by atoms with Crippen LogP contribution in [-0.2, 0) is 0 Å². The van der Waals surface area contributed by atoms with Gasteiger partial charge >= 0.3 is 5.97 Å². The smallest absolute Gasteiger partial charge is 0.337 e. The van der Waals surface area contributed by atoms with Gasteiger partial charge in [-0.3, -0.25) is 4.90 Å². The maximum atomic E-state index is 11.5. The van der Waals surface area contributed by atoms with Gasteiger partial charge in [-0.2, -0.15) is 24.7 Å². The van der Waals surface area contributed by atoms with Crippen molar-refractivity contribution in [3.8, 4) is 17.7 Å². The Kier molecular flexibility index (Phi) is 6.45. The summed E-state index contributed by atoms with van der Waals surface area (Å²) < 4.78 is 6.82. The third-order valence-electron chi connectivity index (χ3n) is 7.37. The highest BCUT2D eigenvalue weighted by Gasteiger charge is 2.27. The fraction of sp³-hybridized carbons (Fsp3) is 0.385. The van der Waals surface area contributed by atoms with Gasteiger partial charge in [-0.15, -0.1) is 5.10 Å². The first-order valence-corrected chi connectivity index (χ1v) is 12.9. The molecule has 39 heavy (non-hydrogen) atoms. The zero-order chi connectivity index (χ0) is 26.9. The van der Waals surface area contributed by atoms with Gasteiger partial charge in [0.2, 0.25) is 17.7 Å². The lowest BCUT2D eigenvalue weighted by molar-refractivity contribution is 0.0696. The molecule has 1 atom stereocenters. The summed E-state index contributed by atoms with van der Waals surface area (Å²) >= 11 is 0. The highest BCUT2D eigenvalue weighted by atomic mass is 16.4. The Hall–Kier alpha value is -4.70. The number of hydrogen-bond acceptors (Lipinski definition) is 11. The van der Waals surface area contributed by atoms with Gasteiger partial charge in [-0.05, 0) is 49.1 Å². The summed E-state index contributed by atoms with van der Waals surface area (Å²) in [4.78, 5) is 32.0. The molecule has 3 N–H and O–H groups in total. The molecule has 0 amide bonds. The van der Waals surface area contributed by atoms with E-state index in [4.69, 9.17) is 10.2 Å². The van der Waals surface area contributed by atoms with Crippen molar-refractivity contribution in [2.75, 3.05) is 61.3 Å². The highest BCUT2D eigenvalue weighted by Crippen LogP contribution is 2.25. The topological polar surface area (TPSA) is 166 Å². The quantitative estimate of drug-likeness (QED) is 0.374. The number of piperazine rings is 1. The second kappa shape index (κ2) is 10.2. The normalized spacial score (nSPS) is 18.4. The minimum absolute atomic E-state index is 0.0455. The zero-order valence-electron chi connectivity index (χ0n) is 21.3. The van der Waals surface area contributed by atoms with Crippen LogP contribution in [0.3, 0.4) is 0 Å². The number of anilines is 3. The van der Waals surface area contributed by atoms with E-state index in [9.17, 15) is 15.2 Å². The molecule has 1 unspecified atom stereocenters. The predicted octanol–water partition coefficient (Wildman–Crippen LogP) is 1.97. The number of nitriles is 1. The Balaban J connectivity index is 1.09. The molecule has 2 saturated heterocycles. The van der Waals surface area contributed by atoms with E-state index in [-0.39, 0.29) is 17.1 Å². The summed E-state index contributed by atoms with van der Waals surface area (Å²) in [5.41, 5.74) is 7.27. The fourth-order valence-electron chi connectivity index (χ4n) is 5.40. The lowest BCUT2D eigenvalue weighted by Crippen LogP contribution is -2.50. The van der Waals surface area contributed by atoms with Crippen molar-refractivity contribution in [1.82, 2.24) is 29.5 Å². The Morgan fingerprint density at radius 3 is 2.72 bits per heavy atom. The highest BCUT2D eigenvalue weighted by molar-refractivity contribution is 5.91. The molecular weight excluding hydrogens is 500 g/mol. The number of nitrogen functional groups attached to an aromatic ring is 1. The number of carboxylic acids is 1. The second-order valence-electron chi connectivity index (χ2n) is 9.90. The zero-order valence-corrected chi connectivity index (χ0v) is 21.3. The summed E-state index contributed by atoms with van der Waals surface area (Å²) in [5.74, 6) is 1.50. The van der Waals surface area contributed by atoms with Crippen LogP contribution in [-0.4, -0.2) is 86.4 Å². The molecule has 1 aromatic carbocycles. The number of fused-ring (bicyclic) bond motifs is 1. The molecule has 0 bridgehead atoms. The number of furan rings is 1. The van der Waals surface area contributed by atoms with Crippen LogP contribution in [0.4, 0.5) is 17.6 Å². The minimum Gasteiger partial charge on any atom is -0.478 e. The van der Waals surface area contributed by atoms with Gasteiger partial charge in [0.25, 0.3) is 5.78 Å². The summed E-state index contributed by atoms with van der Waals surface area (Å²) in [5, 5.41) is 23.0. The molecule has 3 aromatic heterocycles. The van der Waals surface area contributed by atoms with Crippen LogP contribution >= 0.6 is 0 Å². The number of carbonyl (C=O) groups is 1. The lowest BCUT2D eigenvalue weighted by atomic mass is 9.97. The van der Waals surface area contributed by atoms with Crippen molar-refractivity contribution in [2.24, 2.45) is 5.92 Å². The van der Waals surface area contributed by atoms with E-state index in [1.54, 1.807) is 30.5 Å². The van der Waals surface area contributed by atoms with Gasteiger partial charge in [-0.25, -0.2) is 4.79 Å². The Morgan fingerprint density at radius 2 is 1.97 bits per heavy atom. The van der Waals surface area contributed by atoms with Gasteiger partial charge in [0.05, 0.1) is 17.4 Å². The number of hydrogen-bond donors (Lipinski definition) is 2. The van der Waals surface area contributed by atoms with Crippen LogP contribution in [0.15, 0.2) is 41.0 Å². The first kappa shape index (κ1) is 24.6. The number of aromatic nitrogens is 5.